The Hall–Kier alpha value is -1.23. The van der Waals surface area contributed by atoms with Crippen molar-refractivity contribution in [3.05, 3.63) is 28.5 Å². The van der Waals surface area contributed by atoms with Gasteiger partial charge in [-0.25, -0.2) is 13.2 Å². The molecule has 0 saturated heterocycles. The first-order valence-electron chi connectivity index (χ1n) is 4.42. The van der Waals surface area contributed by atoms with E-state index < -0.39 is 23.6 Å². The van der Waals surface area contributed by atoms with E-state index in [1.54, 1.807) is 6.92 Å². The molecule has 2 nitrogen and oxygen atoms in total. The van der Waals surface area contributed by atoms with Crippen molar-refractivity contribution < 1.29 is 22.7 Å². The summed E-state index contributed by atoms with van der Waals surface area (Å²) < 4.78 is 42.8. The van der Waals surface area contributed by atoms with E-state index >= 15 is 0 Å². The molecule has 0 amide bonds. The van der Waals surface area contributed by atoms with Gasteiger partial charge in [0.15, 0.2) is 11.6 Å². The van der Waals surface area contributed by atoms with Gasteiger partial charge in [0.25, 0.3) is 0 Å². The third-order valence-corrected chi connectivity index (χ3v) is 2.12. The first kappa shape index (κ1) is 12.8. The molecule has 0 fully saturated rings. The van der Waals surface area contributed by atoms with Gasteiger partial charge in [0.2, 0.25) is 5.78 Å². The second kappa shape index (κ2) is 5.21. The summed E-state index contributed by atoms with van der Waals surface area (Å²) in [5.74, 6) is -3.07. The van der Waals surface area contributed by atoms with E-state index in [4.69, 9.17) is 16.3 Å². The summed E-state index contributed by atoms with van der Waals surface area (Å²) in [7, 11) is 0. The zero-order valence-corrected chi connectivity index (χ0v) is 9.02. The average molecular weight is 253 g/mol. The van der Waals surface area contributed by atoms with E-state index in [0.29, 0.717) is 0 Å². The maximum absolute atomic E-state index is 13.6. The molecule has 88 valence electrons. The van der Waals surface area contributed by atoms with E-state index in [2.05, 4.69) is 0 Å². The Bertz CT molecular complexity index is 407. The molecule has 0 heterocycles. The van der Waals surface area contributed by atoms with Crippen molar-refractivity contribution in [2.75, 3.05) is 6.61 Å². The summed E-state index contributed by atoms with van der Waals surface area (Å²) in [6.45, 7) is 1.75. The van der Waals surface area contributed by atoms with Gasteiger partial charge in [0, 0.05) is 0 Å². The Balaban J connectivity index is 3.26. The van der Waals surface area contributed by atoms with Crippen LogP contribution in [-0.4, -0.2) is 18.8 Å². The topological polar surface area (TPSA) is 26.3 Å². The van der Waals surface area contributed by atoms with Gasteiger partial charge in [-0.15, -0.1) is 0 Å². The second-order valence-electron chi connectivity index (χ2n) is 2.83. The number of alkyl halides is 2. The number of carbonyl (C=O) groups excluding carboxylic acids is 1. The molecule has 0 aliphatic carbocycles. The molecule has 0 N–H and O–H groups in total. The number of carbonyl (C=O) groups is 1. The number of Topliss-reactive ketones (excluding diaryl/α,β-unsaturated/α-hetero) is 1. The molecule has 0 atom stereocenters. The van der Waals surface area contributed by atoms with Gasteiger partial charge in [-0.1, -0.05) is 11.6 Å². The van der Waals surface area contributed by atoms with Crippen molar-refractivity contribution >= 4 is 17.4 Å². The van der Waals surface area contributed by atoms with Crippen LogP contribution >= 0.6 is 11.6 Å². The maximum atomic E-state index is 13.6. The highest BCUT2D eigenvalue weighted by atomic mass is 35.5. The summed E-state index contributed by atoms with van der Waals surface area (Å²) in [6.07, 6.45) is -3.30. The smallest absolute Gasteiger partial charge is 0.300 e. The molecule has 0 unspecified atom stereocenters. The van der Waals surface area contributed by atoms with Crippen LogP contribution in [-0.2, 0) is 0 Å². The van der Waals surface area contributed by atoms with Gasteiger partial charge in [-0.2, -0.15) is 0 Å². The molecule has 6 heteroatoms. The van der Waals surface area contributed by atoms with Crippen LogP contribution in [0.25, 0.3) is 0 Å². The molecule has 0 aliphatic rings. The van der Waals surface area contributed by atoms with Crippen LogP contribution < -0.4 is 4.74 Å². The van der Waals surface area contributed by atoms with Crippen LogP contribution in [0.1, 0.15) is 17.3 Å². The lowest BCUT2D eigenvalue weighted by Crippen LogP contribution is -2.14. The zero-order valence-electron chi connectivity index (χ0n) is 8.27. The Morgan fingerprint density at radius 3 is 2.62 bits per heavy atom. The fraction of sp³-hybridized carbons (Fsp3) is 0.300. The standard InChI is InChI=1S/C10H8ClF3O2/c1-2-16-6-4-3-5(11)7(8(6)12)9(15)10(13)14/h3-4,10H,2H2,1H3. The quantitative estimate of drug-likeness (QED) is 0.769. The van der Waals surface area contributed by atoms with Gasteiger partial charge in [-0.3, -0.25) is 4.79 Å². The molecule has 0 spiro atoms. The van der Waals surface area contributed by atoms with E-state index in [-0.39, 0.29) is 17.4 Å². The van der Waals surface area contributed by atoms with Gasteiger partial charge in [-0.05, 0) is 19.1 Å². The van der Waals surface area contributed by atoms with Crippen LogP contribution in [0.2, 0.25) is 5.02 Å². The van der Waals surface area contributed by atoms with Crippen molar-refractivity contribution in [1.82, 2.24) is 0 Å². The highest BCUT2D eigenvalue weighted by molar-refractivity contribution is 6.34. The Morgan fingerprint density at radius 1 is 1.50 bits per heavy atom. The number of rotatable bonds is 4. The lowest BCUT2D eigenvalue weighted by atomic mass is 10.1. The number of ketones is 1. The van der Waals surface area contributed by atoms with Crippen LogP contribution in [0.5, 0.6) is 5.75 Å². The molecule has 1 rings (SSSR count). The van der Waals surface area contributed by atoms with Gasteiger partial charge in [0.1, 0.15) is 0 Å². The monoisotopic (exact) mass is 252 g/mol. The summed E-state index contributed by atoms with van der Waals surface area (Å²) in [4.78, 5) is 11.0. The number of ether oxygens (including phenoxy) is 1. The number of hydrogen-bond donors (Lipinski definition) is 0. The van der Waals surface area contributed by atoms with Crippen molar-refractivity contribution in [1.29, 1.82) is 0 Å². The maximum Gasteiger partial charge on any atom is 0.300 e. The molecule has 0 bridgehead atoms. The van der Waals surface area contributed by atoms with Gasteiger partial charge in [0.05, 0.1) is 17.2 Å². The van der Waals surface area contributed by atoms with Gasteiger partial charge < -0.3 is 4.74 Å². The SMILES string of the molecule is CCOc1ccc(Cl)c(C(=O)C(F)F)c1F. The number of halogens is 4. The molecule has 1 aromatic carbocycles. The molecule has 0 saturated carbocycles. The summed E-state index contributed by atoms with van der Waals surface area (Å²) in [6, 6.07) is 2.33. The second-order valence-corrected chi connectivity index (χ2v) is 3.24. The Labute approximate surface area is 95.0 Å². The molecule has 16 heavy (non-hydrogen) atoms. The lowest BCUT2D eigenvalue weighted by molar-refractivity contribution is 0.0673. The molecule has 0 aromatic heterocycles. The highest BCUT2D eigenvalue weighted by Gasteiger charge is 2.26. The Morgan fingerprint density at radius 2 is 2.12 bits per heavy atom. The minimum Gasteiger partial charge on any atom is -0.491 e. The van der Waals surface area contributed by atoms with E-state index in [1.165, 1.54) is 6.07 Å². The van der Waals surface area contributed by atoms with Crippen molar-refractivity contribution in [2.45, 2.75) is 13.3 Å². The summed E-state index contributed by atoms with van der Waals surface area (Å²) >= 11 is 5.49. The average Bonchev–Trinajstić information content (AvgIpc) is 2.22. The van der Waals surface area contributed by atoms with E-state index in [0.717, 1.165) is 6.07 Å². The van der Waals surface area contributed by atoms with Crippen LogP contribution in [0.4, 0.5) is 13.2 Å². The fourth-order valence-corrected chi connectivity index (χ4v) is 1.37. The minimum absolute atomic E-state index is 0.154. The van der Waals surface area contributed by atoms with Crippen LogP contribution in [0.15, 0.2) is 12.1 Å². The fourth-order valence-electron chi connectivity index (χ4n) is 1.14. The molecule has 0 radical (unpaired) electrons. The Kier molecular flexibility index (Phi) is 4.18. The van der Waals surface area contributed by atoms with E-state index in [1.807, 2.05) is 0 Å². The van der Waals surface area contributed by atoms with Crippen molar-refractivity contribution in [3.8, 4) is 5.75 Å². The van der Waals surface area contributed by atoms with Crippen molar-refractivity contribution in [3.63, 3.8) is 0 Å². The van der Waals surface area contributed by atoms with Crippen LogP contribution in [0.3, 0.4) is 0 Å². The first-order valence-corrected chi connectivity index (χ1v) is 4.80. The van der Waals surface area contributed by atoms with Crippen LogP contribution in [0, 0.1) is 5.82 Å². The summed E-state index contributed by atoms with van der Waals surface area (Å²) in [5, 5.41) is -0.355. The molecule has 0 aliphatic heterocycles. The predicted molar refractivity (Wildman–Crippen MR) is 52.9 cm³/mol. The molecular formula is C10H8ClF3O2. The largest absolute Gasteiger partial charge is 0.491 e. The molecule has 1 aromatic rings. The predicted octanol–water partition coefficient (Wildman–Crippen LogP) is 3.33. The molecular weight excluding hydrogens is 245 g/mol. The summed E-state index contributed by atoms with van der Waals surface area (Å²) in [5.41, 5.74) is -0.831. The minimum atomic E-state index is -3.30. The van der Waals surface area contributed by atoms with Gasteiger partial charge >= 0.3 is 6.43 Å². The lowest BCUT2D eigenvalue weighted by Gasteiger charge is -2.09. The normalized spacial score (nSPS) is 10.6. The highest BCUT2D eigenvalue weighted by Crippen LogP contribution is 2.29. The first-order chi connectivity index (χ1) is 7.49. The van der Waals surface area contributed by atoms with Crippen molar-refractivity contribution in [2.24, 2.45) is 0 Å². The number of hydrogen-bond acceptors (Lipinski definition) is 2. The number of benzene rings is 1. The third kappa shape index (κ3) is 2.47. The zero-order chi connectivity index (χ0) is 12.3. The van der Waals surface area contributed by atoms with E-state index in [9.17, 15) is 18.0 Å². The third-order valence-electron chi connectivity index (χ3n) is 1.80.